The van der Waals surface area contributed by atoms with Crippen molar-refractivity contribution in [2.45, 2.75) is 26.3 Å². The Hall–Kier alpha value is -1.29. The summed E-state index contributed by atoms with van der Waals surface area (Å²) in [4.78, 5) is 4.30. The van der Waals surface area contributed by atoms with E-state index in [1.807, 2.05) is 18.2 Å². The highest BCUT2D eigenvalue weighted by Gasteiger charge is 2.09. The second-order valence-corrected chi connectivity index (χ2v) is 4.27. The van der Waals surface area contributed by atoms with Crippen molar-refractivity contribution in [3.05, 3.63) is 18.2 Å². The van der Waals surface area contributed by atoms with Crippen molar-refractivity contribution in [2.24, 2.45) is 11.7 Å². The third-order valence-electron chi connectivity index (χ3n) is 2.33. The predicted molar refractivity (Wildman–Crippen MR) is 66.7 cm³/mol. The quantitative estimate of drug-likeness (QED) is 0.773. The van der Waals surface area contributed by atoms with Crippen LogP contribution in [0.5, 0.6) is 5.88 Å². The van der Waals surface area contributed by atoms with Gasteiger partial charge in [0, 0.05) is 18.7 Å². The molecule has 1 atom stereocenters. The van der Waals surface area contributed by atoms with Crippen LogP contribution in [0.25, 0.3) is 0 Å². The van der Waals surface area contributed by atoms with Crippen LogP contribution in [0, 0.1) is 5.92 Å². The van der Waals surface area contributed by atoms with E-state index < -0.39 is 0 Å². The van der Waals surface area contributed by atoms with Crippen LogP contribution >= 0.6 is 0 Å². The van der Waals surface area contributed by atoms with Crippen LogP contribution < -0.4 is 15.8 Å². The molecule has 0 aromatic carbocycles. The van der Waals surface area contributed by atoms with E-state index in [0.29, 0.717) is 18.3 Å². The maximum atomic E-state index is 5.72. The first kappa shape index (κ1) is 12.8. The van der Waals surface area contributed by atoms with E-state index in [1.54, 1.807) is 7.11 Å². The molecule has 0 amide bonds. The van der Waals surface area contributed by atoms with E-state index in [4.69, 9.17) is 10.5 Å². The lowest BCUT2D eigenvalue weighted by Gasteiger charge is -2.19. The molecule has 16 heavy (non-hydrogen) atoms. The molecule has 0 radical (unpaired) electrons. The molecule has 0 aliphatic heterocycles. The molecule has 0 saturated carbocycles. The summed E-state index contributed by atoms with van der Waals surface area (Å²) in [6, 6.07) is 5.92. The number of aromatic nitrogens is 1. The molecule has 4 nitrogen and oxygen atoms in total. The summed E-state index contributed by atoms with van der Waals surface area (Å²) in [5.74, 6) is 2.05. The number of rotatable bonds is 6. The number of nitrogens with two attached hydrogens (primary N) is 1. The Bertz CT molecular complexity index is 315. The van der Waals surface area contributed by atoms with Gasteiger partial charge in [-0.05, 0) is 18.4 Å². The molecule has 0 aliphatic rings. The van der Waals surface area contributed by atoms with Crippen molar-refractivity contribution in [2.75, 3.05) is 19.0 Å². The van der Waals surface area contributed by atoms with Gasteiger partial charge in [0.05, 0.1) is 7.11 Å². The van der Waals surface area contributed by atoms with E-state index in [9.17, 15) is 0 Å². The summed E-state index contributed by atoms with van der Waals surface area (Å²) in [6.07, 6.45) is 1.04. The maximum Gasteiger partial charge on any atom is 0.214 e. The van der Waals surface area contributed by atoms with Gasteiger partial charge in [-0.3, -0.25) is 0 Å². The Morgan fingerprint density at radius 1 is 1.44 bits per heavy atom. The summed E-state index contributed by atoms with van der Waals surface area (Å²) in [6.45, 7) is 4.98. The summed E-state index contributed by atoms with van der Waals surface area (Å²) in [7, 11) is 1.61. The van der Waals surface area contributed by atoms with Gasteiger partial charge in [-0.25, -0.2) is 0 Å². The average molecular weight is 223 g/mol. The number of anilines is 1. The molecule has 0 fully saturated rings. The largest absolute Gasteiger partial charge is 0.481 e. The molecular weight excluding hydrogens is 202 g/mol. The molecule has 0 bridgehead atoms. The first-order valence-corrected chi connectivity index (χ1v) is 5.63. The first-order valence-electron chi connectivity index (χ1n) is 5.63. The Balaban J connectivity index is 2.62. The molecule has 0 aliphatic carbocycles. The fraction of sp³-hybridized carbons (Fsp3) is 0.583. The zero-order chi connectivity index (χ0) is 12.0. The minimum Gasteiger partial charge on any atom is -0.481 e. The molecule has 1 rings (SSSR count). The van der Waals surface area contributed by atoms with Crippen LogP contribution in [0.4, 0.5) is 5.82 Å². The van der Waals surface area contributed by atoms with Crippen molar-refractivity contribution >= 4 is 5.82 Å². The number of nitrogens with zero attached hydrogens (tertiary/aromatic N) is 1. The minimum atomic E-state index is 0.264. The molecule has 0 saturated heterocycles. The second-order valence-electron chi connectivity index (χ2n) is 4.27. The van der Waals surface area contributed by atoms with Crippen molar-refractivity contribution < 1.29 is 4.74 Å². The van der Waals surface area contributed by atoms with Crippen LogP contribution in [-0.4, -0.2) is 24.7 Å². The van der Waals surface area contributed by atoms with E-state index >= 15 is 0 Å². The van der Waals surface area contributed by atoms with Gasteiger partial charge in [0.1, 0.15) is 5.82 Å². The van der Waals surface area contributed by atoms with Gasteiger partial charge in [-0.2, -0.15) is 4.98 Å². The van der Waals surface area contributed by atoms with Crippen LogP contribution in [-0.2, 0) is 0 Å². The molecule has 1 heterocycles. The number of nitrogens with one attached hydrogen (secondary N) is 1. The minimum absolute atomic E-state index is 0.264. The Morgan fingerprint density at radius 3 is 2.75 bits per heavy atom. The third kappa shape index (κ3) is 4.06. The standard InChI is InChI=1S/C12H21N3O/c1-9(2)7-10(8-13)14-11-5-4-6-12(15-11)16-3/h4-6,9-10H,7-8,13H2,1-3H3,(H,14,15). The number of ether oxygens (including phenoxy) is 1. The summed E-state index contributed by atoms with van der Waals surface area (Å²) < 4.78 is 5.07. The number of pyridine rings is 1. The van der Waals surface area contributed by atoms with E-state index in [2.05, 4.69) is 24.1 Å². The third-order valence-corrected chi connectivity index (χ3v) is 2.33. The topological polar surface area (TPSA) is 60.2 Å². The summed E-state index contributed by atoms with van der Waals surface area (Å²) in [5, 5.41) is 3.32. The Morgan fingerprint density at radius 2 is 2.19 bits per heavy atom. The number of hydrogen-bond donors (Lipinski definition) is 2. The second kappa shape index (κ2) is 6.33. The van der Waals surface area contributed by atoms with E-state index in [1.165, 1.54) is 0 Å². The highest BCUT2D eigenvalue weighted by Crippen LogP contribution is 2.14. The molecule has 4 heteroatoms. The summed E-state index contributed by atoms with van der Waals surface area (Å²) in [5.41, 5.74) is 5.72. The fourth-order valence-electron chi connectivity index (χ4n) is 1.60. The lowest BCUT2D eigenvalue weighted by atomic mass is 10.0. The molecule has 3 N–H and O–H groups in total. The normalized spacial score (nSPS) is 12.6. The Kier molecular flexibility index (Phi) is 5.05. The van der Waals surface area contributed by atoms with Crippen LogP contribution in [0.1, 0.15) is 20.3 Å². The number of hydrogen-bond acceptors (Lipinski definition) is 4. The zero-order valence-electron chi connectivity index (χ0n) is 10.2. The number of methoxy groups -OCH3 is 1. The van der Waals surface area contributed by atoms with E-state index in [-0.39, 0.29) is 6.04 Å². The highest BCUT2D eigenvalue weighted by atomic mass is 16.5. The first-order chi connectivity index (χ1) is 7.65. The average Bonchev–Trinajstić information content (AvgIpc) is 2.28. The molecule has 90 valence electrons. The van der Waals surface area contributed by atoms with E-state index in [0.717, 1.165) is 12.2 Å². The van der Waals surface area contributed by atoms with Gasteiger partial charge in [0.25, 0.3) is 0 Å². The fourth-order valence-corrected chi connectivity index (χ4v) is 1.60. The predicted octanol–water partition coefficient (Wildman–Crippen LogP) is 1.88. The van der Waals surface area contributed by atoms with Crippen molar-refractivity contribution in [1.82, 2.24) is 4.98 Å². The highest BCUT2D eigenvalue weighted by molar-refractivity contribution is 5.38. The van der Waals surface area contributed by atoms with Crippen molar-refractivity contribution in [3.8, 4) is 5.88 Å². The molecule has 1 aromatic rings. The van der Waals surface area contributed by atoms with Crippen molar-refractivity contribution in [3.63, 3.8) is 0 Å². The molecule has 1 unspecified atom stereocenters. The lowest BCUT2D eigenvalue weighted by Crippen LogP contribution is -2.30. The molecular formula is C12H21N3O. The lowest BCUT2D eigenvalue weighted by molar-refractivity contribution is 0.398. The van der Waals surface area contributed by atoms with Gasteiger partial charge in [0.15, 0.2) is 0 Å². The molecule has 1 aromatic heterocycles. The van der Waals surface area contributed by atoms with Gasteiger partial charge < -0.3 is 15.8 Å². The smallest absolute Gasteiger partial charge is 0.214 e. The van der Waals surface area contributed by atoms with Gasteiger partial charge in [0.2, 0.25) is 5.88 Å². The summed E-state index contributed by atoms with van der Waals surface area (Å²) >= 11 is 0. The monoisotopic (exact) mass is 223 g/mol. The maximum absolute atomic E-state index is 5.72. The van der Waals surface area contributed by atoms with Gasteiger partial charge >= 0.3 is 0 Å². The zero-order valence-corrected chi connectivity index (χ0v) is 10.2. The Labute approximate surface area is 97.2 Å². The van der Waals surface area contributed by atoms with Gasteiger partial charge in [-0.1, -0.05) is 19.9 Å². The van der Waals surface area contributed by atoms with Crippen molar-refractivity contribution in [1.29, 1.82) is 0 Å². The SMILES string of the molecule is COc1cccc(NC(CN)CC(C)C)n1. The van der Waals surface area contributed by atoms with Crippen LogP contribution in [0.3, 0.4) is 0 Å². The van der Waals surface area contributed by atoms with Gasteiger partial charge in [-0.15, -0.1) is 0 Å². The molecule has 0 spiro atoms. The van der Waals surface area contributed by atoms with Crippen LogP contribution in [0.2, 0.25) is 0 Å². The van der Waals surface area contributed by atoms with Crippen LogP contribution in [0.15, 0.2) is 18.2 Å².